The predicted molar refractivity (Wildman–Crippen MR) is 45.5 cm³/mol. The molecule has 66 valence electrons. The first kappa shape index (κ1) is 9.01. The van der Waals surface area contributed by atoms with Crippen LogP contribution in [0.1, 0.15) is 33.6 Å². The van der Waals surface area contributed by atoms with E-state index in [-0.39, 0.29) is 0 Å². The van der Waals surface area contributed by atoms with E-state index >= 15 is 0 Å². The van der Waals surface area contributed by atoms with Crippen molar-refractivity contribution < 1.29 is 5.21 Å². The maximum atomic E-state index is 9.13. The molecule has 0 amide bonds. The van der Waals surface area contributed by atoms with Crippen LogP contribution in [0.2, 0.25) is 0 Å². The van der Waals surface area contributed by atoms with Crippen molar-refractivity contribution in [2.75, 3.05) is 13.1 Å². The molecule has 1 saturated heterocycles. The molecule has 1 fully saturated rings. The first-order chi connectivity index (χ1) is 5.00. The van der Waals surface area contributed by atoms with Crippen LogP contribution >= 0.6 is 0 Å². The van der Waals surface area contributed by atoms with Gasteiger partial charge in [0, 0.05) is 13.1 Å². The normalized spacial score (nSPS) is 24.0. The van der Waals surface area contributed by atoms with E-state index in [4.69, 9.17) is 5.21 Å². The van der Waals surface area contributed by atoms with E-state index < -0.39 is 0 Å². The summed E-state index contributed by atoms with van der Waals surface area (Å²) in [5.74, 6) is 0.783. The van der Waals surface area contributed by atoms with Crippen molar-refractivity contribution >= 4 is 0 Å². The molecule has 0 aromatic carbocycles. The SMILES string of the molecule is CC(C)(C)C1CCN(O)CC1. The summed E-state index contributed by atoms with van der Waals surface area (Å²) in [6, 6.07) is 0. The average molecular weight is 157 g/mol. The molecule has 0 saturated carbocycles. The first-order valence-corrected chi connectivity index (χ1v) is 4.44. The van der Waals surface area contributed by atoms with Crippen LogP contribution in [-0.4, -0.2) is 23.4 Å². The Labute approximate surface area is 69.2 Å². The number of piperidine rings is 1. The Morgan fingerprint density at radius 1 is 1.18 bits per heavy atom. The molecule has 0 aromatic heterocycles. The second-order valence-electron chi connectivity index (χ2n) is 4.59. The van der Waals surface area contributed by atoms with Gasteiger partial charge < -0.3 is 5.21 Å². The van der Waals surface area contributed by atoms with Crippen LogP contribution in [0.3, 0.4) is 0 Å². The van der Waals surface area contributed by atoms with Gasteiger partial charge in [0.2, 0.25) is 0 Å². The third kappa shape index (κ3) is 2.46. The second kappa shape index (κ2) is 3.11. The third-order valence-corrected chi connectivity index (χ3v) is 2.70. The molecule has 0 bridgehead atoms. The Kier molecular flexibility index (Phi) is 2.55. The highest BCUT2D eigenvalue weighted by molar-refractivity contribution is 4.78. The van der Waals surface area contributed by atoms with Crippen LogP contribution in [0.25, 0.3) is 0 Å². The highest BCUT2D eigenvalue weighted by atomic mass is 16.5. The quantitative estimate of drug-likeness (QED) is 0.582. The molecule has 11 heavy (non-hydrogen) atoms. The summed E-state index contributed by atoms with van der Waals surface area (Å²) >= 11 is 0. The van der Waals surface area contributed by atoms with Crippen molar-refractivity contribution in [2.45, 2.75) is 33.6 Å². The lowest BCUT2D eigenvalue weighted by Crippen LogP contribution is -2.35. The standard InChI is InChI=1S/C9H19NO/c1-9(2,3)8-4-6-10(11)7-5-8/h8,11H,4-7H2,1-3H3. The maximum Gasteiger partial charge on any atom is 0.0241 e. The molecular formula is C9H19NO. The molecule has 0 aromatic rings. The van der Waals surface area contributed by atoms with Crippen LogP contribution in [0.4, 0.5) is 0 Å². The molecule has 0 unspecified atom stereocenters. The van der Waals surface area contributed by atoms with E-state index in [1.54, 1.807) is 0 Å². The fourth-order valence-corrected chi connectivity index (χ4v) is 1.73. The van der Waals surface area contributed by atoms with Crippen LogP contribution in [0.5, 0.6) is 0 Å². The Morgan fingerprint density at radius 2 is 1.64 bits per heavy atom. The Hall–Kier alpha value is -0.0800. The van der Waals surface area contributed by atoms with Crippen molar-refractivity contribution in [1.82, 2.24) is 5.06 Å². The Balaban J connectivity index is 2.39. The van der Waals surface area contributed by atoms with Crippen molar-refractivity contribution in [3.05, 3.63) is 0 Å². The van der Waals surface area contributed by atoms with Gasteiger partial charge in [0.05, 0.1) is 0 Å². The predicted octanol–water partition coefficient (Wildman–Crippen LogP) is 2.13. The molecule has 2 nitrogen and oxygen atoms in total. The summed E-state index contributed by atoms with van der Waals surface area (Å²) in [6.45, 7) is 8.55. The summed E-state index contributed by atoms with van der Waals surface area (Å²) in [7, 11) is 0. The minimum Gasteiger partial charge on any atom is -0.314 e. The van der Waals surface area contributed by atoms with E-state index in [0.717, 1.165) is 31.8 Å². The molecule has 0 aliphatic carbocycles. The van der Waals surface area contributed by atoms with Crippen molar-refractivity contribution in [3.63, 3.8) is 0 Å². The molecule has 1 N–H and O–H groups in total. The minimum absolute atomic E-state index is 0.418. The fraction of sp³-hybridized carbons (Fsp3) is 1.00. The minimum atomic E-state index is 0.418. The molecule has 0 atom stereocenters. The number of rotatable bonds is 0. The summed E-state index contributed by atoms with van der Waals surface area (Å²) in [5.41, 5.74) is 0.418. The van der Waals surface area contributed by atoms with Gasteiger partial charge in [0.1, 0.15) is 0 Å². The zero-order chi connectivity index (χ0) is 8.48. The van der Waals surface area contributed by atoms with Crippen molar-refractivity contribution in [3.8, 4) is 0 Å². The van der Waals surface area contributed by atoms with Gasteiger partial charge in [-0.3, -0.25) is 0 Å². The Bertz CT molecular complexity index is 120. The lowest BCUT2D eigenvalue weighted by atomic mass is 9.75. The van der Waals surface area contributed by atoms with Crippen LogP contribution < -0.4 is 0 Å². The molecular weight excluding hydrogens is 138 g/mol. The smallest absolute Gasteiger partial charge is 0.0241 e. The van der Waals surface area contributed by atoms with E-state index in [2.05, 4.69) is 20.8 Å². The van der Waals surface area contributed by atoms with Crippen molar-refractivity contribution in [1.29, 1.82) is 0 Å². The average Bonchev–Trinajstić information content (AvgIpc) is 1.86. The van der Waals surface area contributed by atoms with Crippen LogP contribution in [0, 0.1) is 11.3 Å². The lowest BCUT2D eigenvalue weighted by Gasteiger charge is -2.36. The van der Waals surface area contributed by atoms with Crippen LogP contribution in [-0.2, 0) is 0 Å². The molecule has 1 heterocycles. The van der Waals surface area contributed by atoms with E-state index in [1.165, 1.54) is 5.06 Å². The van der Waals surface area contributed by atoms with Gasteiger partial charge in [0.15, 0.2) is 0 Å². The number of hydroxylamine groups is 2. The lowest BCUT2D eigenvalue weighted by molar-refractivity contribution is -0.119. The molecule has 0 spiro atoms. The summed E-state index contributed by atoms with van der Waals surface area (Å²) in [4.78, 5) is 0. The molecule has 0 radical (unpaired) electrons. The topological polar surface area (TPSA) is 23.5 Å². The Morgan fingerprint density at radius 3 is 2.00 bits per heavy atom. The number of nitrogens with zero attached hydrogens (tertiary/aromatic N) is 1. The van der Waals surface area contributed by atoms with Gasteiger partial charge in [-0.1, -0.05) is 20.8 Å². The van der Waals surface area contributed by atoms with E-state index in [9.17, 15) is 0 Å². The van der Waals surface area contributed by atoms with Gasteiger partial charge in [0.25, 0.3) is 0 Å². The largest absolute Gasteiger partial charge is 0.314 e. The van der Waals surface area contributed by atoms with Gasteiger partial charge in [-0.25, -0.2) is 0 Å². The zero-order valence-electron chi connectivity index (χ0n) is 7.80. The van der Waals surface area contributed by atoms with Crippen LogP contribution in [0.15, 0.2) is 0 Å². The first-order valence-electron chi connectivity index (χ1n) is 4.44. The maximum absolute atomic E-state index is 9.13. The monoisotopic (exact) mass is 157 g/mol. The highest BCUT2D eigenvalue weighted by Crippen LogP contribution is 2.33. The molecule has 1 aliphatic heterocycles. The summed E-state index contributed by atoms with van der Waals surface area (Å²) in [5, 5.41) is 10.6. The van der Waals surface area contributed by atoms with Crippen molar-refractivity contribution in [2.24, 2.45) is 11.3 Å². The van der Waals surface area contributed by atoms with E-state index in [1.807, 2.05) is 0 Å². The number of hydrogen-bond donors (Lipinski definition) is 1. The third-order valence-electron chi connectivity index (χ3n) is 2.70. The van der Waals surface area contributed by atoms with Gasteiger partial charge in [-0.15, -0.1) is 0 Å². The molecule has 1 aliphatic rings. The fourth-order valence-electron chi connectivity index (χ4n) is 1.73. The second-order valence-corrected chi connectivity index (χ2v) is 4.59. The highest BCUT2D eigenvalue weighted by Gasteiger charge is 2.27. The van der Waals surface area contributed by atoms with Gasteiger partial charge >= 0.3 is 0 Å². The van der Waals surface area contributed by atoms with Gasteiger partial charge in [-0.2, -0.15) is 5.06 Å². The summed E-state index contributed by atoms with van der Waals surface area (Å²) in [6.07, 6.45) is 2.28. The zero-order valence-corrected chi connectivity index (χ0v) is 7.80. The number of hydrogen-bond acceptors (Lipinski definition) is 2. The summed E-state index contributed by atoms with van der Waals surface area (Å²) < 4.78 is 0. The molecule has 2 heteroatoms. The molecule has 1 rings (SSSR count). The van der Waals surface area contributed by atoms with E-state index in [0.29, 0.717) is 5.41 Å². The van der Waals surface area contributed by atoms with Gasteiger partial charge in [-0.05, 0) is 24.2 Å².